The van der Waals surface area contributed by atoms with Crippen molar-refractivity contribution in [2.24, 2.45) is 0 Å². The molecule has 1 saturated carbocycles. The monoisotopic (exact) mass is 296 g/mol. The number of nitrogens with zero attached hydrogens (tertiary/aromatic N) is 2. The summed E-state index contributed by atoms with van der Waals surface area (Å²) in [6.07, 6.45) is 2.30. The molecule has 1 aromatic heterocycles. The number of Topliss-reactive ketones (excluding diaryl/α,β-unsaturated/α-hetero) is 1. The van der Waals surface area contributed by atoms with Gasteiger partial charge in [0.05, 0.1) is 0 Å². The van der Waals surface area contributed by atoms with Crippen molar-refractivity contribution in [3.05, 3.63) is 47.7 Å². The maximum absolute atomic E-state index is 12.1. The molecule has 112 valence electrons. The average molecular weight is 296 g/mol. The third kappa shape index (κ3) is 3.46. The van der Waals surface area contributed by atoms with E-state index < -0.39 is 0 Å². The highest BCUT2D eigenvalue weighted by molar-refractivity contribution is 6.03. The van der Waals surface area contributed by atoms with E-state index >= 15 is 0 Å². The Hall–Kier alpha value is -2.76. The van der Waals surface area contributed by atoms with Crippen molar-refractivity contribution in [1.29, 1.82) is 0 Å². The van der Waals surface area contributed by atoms with E-state index in [4.69, 9.17) is 0 Å². The van der Waals surface area contributed by atoms with E-state index in [-0.39, 0.29) is 17.4 Å². The second-order valence-corrected chi connectivity index (χ2v) is 5.31. The fraction of sp³-hybridized carbons (Fsp3) is 0.250. The standard InChI is InChI=1S/C16H16N4O2/c1-10(21)11-3-2-4-13(9-11)18-16(22)14-7-8-15(20-19-14)17-12-5-6-12/h2-4,7-9,12H,5-6H2,1H3,(H,17,20)(H,18,22). The molecule has 0 radical (unpaired) electrons. The molecule has 22 heavy (non-hydrogen) atoms. The van der Waals surface area contributed by atoms with Crippen LogP contribution in [0.1, 0.15) is 40.6 Å². The molecule has 0 spiro atoms. The van der Waals surface area contributed by atoms with E-state index in [1.807, 2.05) is 0 Å². The van der Waals surface area contributed by atoms with Crippen LogP contribution in [0.2, 0.25) is 0 Å². The Bertz CT molecular complexity index is 708. The van der Waals surface area contributed by atoms with Crippen LogP contribution in [0.5, 0.6) is 0 Å². The van der Waals surface area contributed by atoms with Gasteiger partial charge in [0.25, 0.3) is 5.91 Å². The molecule has 3 rings (SSSR count). The van der Waals surface area contributed by atoms with E-state index in [1.165, 1.54) is 6.92 Å². The van der Waals surface area contributed by atoms with Crippen LogP contribution < -0.4 is 10.6 Å². The minimum Gasteiger partial charge on any atom is -0.366 e. The maximum atomic E-state index is 12.1. The van der Waals surface area contributed by atoms with E-state index in [2.05, 4.69) is 20.8 Å². The van der Waals surface area contributed by atoms with Gasteiger partial charge in [-0.25, -0.2) is 0 Å². The molecule has 6 heteroatoms. The predicted molar refractivity (Wildman–Crippen MR) is 83.1 cm³/mol. The molecule has 1 amide bonds. The van der Waals surface area contributed by atoms with Gasteiger partial charge in [-0.2, -0.15) is 0 Å². The lowest BCUT2D eigenvalue weighted by molar-refractivity contribution is 0.100. The first-order chi connectivity index (χ1) is 10.6. The zero-order valence-corrected chi connectivity index (χ0v) is 12.2. The van der Waals surface area contributed by atoms with Crippen LogP contribution in [-0.2, 0) is 0 Å². The lowest BCUT2D eigenvalue weighted by Crippen LogP contribution is -2.15. The van der Waals surface area contributed by atoms with E-state index in [9.17, 15) is 9.59 Å². The van der Waals surface area contributed by atoms with Crippen LogP contribution >= 0.6 is 0 Å². The first-order valence-corrected chi connectivity index (χ1v) is 7.14. The van der Waals surface area contributed by atoms with E-state index in [1.54, 1.807) is 36.4 Å². The molecule has 2 N–H and O–H groups in total. The second-order valence-electron chi connectivity index (χ2n) is 5.31. The van der Waals surface area contributed by atoms with Crippen molar-refractivity contribution in [3.63, 3.8) is 0 Å². The highest BCUT2D eigenvalue weighted by atomic mass is 16.2. The summed E-state index contributed by atoms with van der Waals surface area (Å²) in [5.41, 5.74) is 1.34. The molecular weight excluding hydrogens is 280 g/mol. The Morgan fingerprint density at radius 2 is 1.95 bits per heavy atom. The van der Waals surface area contributed by atoms with Gasteiger partial charge in [-0.15, -0.1) is 10.2 Å². The normalized spacial score (nSPS) is 13.5. The molecule has 1 aliphatic carbocycles. The summed E-state index contributed by atoms with van der Waals surface area (Å²) in [5, 5.41) is 13.8. The fourth-order valence-electron chi connectivity index (χ4n) is 1.98. The molecule has 6 nitrogen and oxygen atoms in total. The lowest BCUT2D eigenvalue weighted by Gasteiger charge is -2.06. The van der Waals surface area contributed by atoms with Gasteiger partial charge in [0.15, 0.2) is 11.5 Å². The number of carbonyl (C=O) groups excluding carboxylic acids is 2. The van der Waals surface area contributed by atoms with Crippen molar-refractivity contribution in [2.45, 2.75) is 25.8 Å². The van der Waals surface area contributed by atoms with Crippen molar-refractivity contribution in [1.82, 2.24) is 10.2 Å². The van der Waals surface area contributed by atoms with Gasteiger partial charge in [-0.1, -0.05) is 12.1 Å². The molecule has 1 aromatic carbocycles. The molecule has 0 bridgehead atoms. The van der Waals surface area contributed by atoms with Crippen molar-refractivity contribution >= 4 is 23.2 Å². The number of hydrogen-bond donors (Lipinski definition) is 2. The summed E-state index contributed by atoms with van der Waals surface area (Å²) in [6, 6.07) is 10.6. The number of carbonyl (C=O) groups is 2. The minimum absolute atomic E-state index is 0.0496. The highest BCUT2D eigenvalue weighted by Crippen LogP contribution is 2.23. The van der Waals surface area contributed by atoms with Crippen LogP contribution in [0.15, 0.2) is 36.4 Å². The Morgan fingerprint density at radius 3 is 2.59 bits per heavy atom. The highest BCUT2D eigenvalue weighted by Gasteiger charge is 2.21. The number of rotatable bonds is 5. The number of nitrogens with one attached hydrogen (secondary N) is 2. The molecule has 2 aromatic rings. The predicted octanol–water partition coefficient (Wildman–Crippen LogP) is 2.51. The zero-order chi connectivity index (χ0) is 15.5. The average Bonchev–Trinajstić information content (AvgIpc) is 3.32. The summed E-state index contributed by atoms with van der Waals surface area (Å²) in [6.45, 7) is 1.48. The van der Waals surface area contributed by atoms with Crippen LogP contribution in [0.3, 0.4) is 0 Å². The Labute approximate surface area is 128 Å². The van der Waals surface area contributed by atoms with Crippen molar-refractivity contribution < 1.29 is 9.59 Å². The second kappa shape index (κ2) is 5.93. The number of ketones is 1. The Kier molecular flexibility index (Phi) is 3.82. The molecule has 0 unspecified atom stereocenters. The van der Waals surface area contributed by atoms with Gasteiger partial charge in [0.1, 0.15) is 5.82 Å². The number of hydrogen-bond acceptors (Lipinski definition) is 5. The van der Waals surface area contributed by atoms with Gasteiger partial charge >= 0.3 is 0 Å². The molecule has 0 aliphatic heterocycles. The fourth-order valence-corrected chi connectivity index (χ4v) is 1.98. The summed E-state index contributed by atoms with van der Waals surface area (Å²) >= 11 is 0. The topological polar surface area (TPSA) is 84.0 Å². The molecule has 1 fully saturated rings. The quantitative estimate of drug-likeness (QED) is 0.828. The molecule has 0 atom stereocenters. The van der Waals surface area contributed by atoms with Gasteiger partial charge in [0, 0.05) is 17.3 Å². The van der Waals surface area contributed by atoms with Crippen LogP contribution in [0.25, 0.3) is 0 Å². The van der Waals surface area contributed by atoms with Gasteiger partial charge in [-0.05, 0) is 44.0 Å². The largest absolute Gasteiger partial charge is 0.366 e. The first-order valence-electron chi connectivity index (χ1n) is 7.14. The van der Waals surface area contributed by atoms with Crippen LogP contribution in [0, 0.1) is 0 Å². The zero-order valence-electron chi connectivity index (χ0n) is 12.2. The van der Waals surface area contributed by atoms with E-state index in [0.717, 1.165) is 12.8 Å². The van der Waals surface area contributed by atoms with Crippen molar-refractivity contribution in [2.75, 3.05) is 10.6 Å². The Balaban J connectivity index is 1.68. The summed E-state index contributed by atoms with van der Waals surface area (Å²) in [5.74, 6) is 0.273. The number of benzene rings is 1. The number of amides is 1. The van der Waals surface area contributed by atoms with Gasteiger partial charge in [-0.3, -0.25) is 9.59 Å². The summed E-state index contributed by atoms with van der Waals surface area (Å²) < 4.78 is 0. The Morgan fingerprint density at radius 1 is 1.14 bits per heavy atom. The molecule has 1 heterocycles. The van der Waals surface area contributed by atoms with Gasteiger partial charge in [0.2, 0.25) is 0 Å². The lowest BCUT2D eigenvalue weighted by atomic mass is 10.1. The SMILES string of the molecule is CC(=O)c1cccc(NC(=O)c2ccc(NC3CC3)nn2)c1. The van der Waals surface area contributed by atoms with E-state index in [0.29, 0.717) is 23.1 Å². The maximum Gasteiger partial charge on any atom is 0.276 e. The third-order valence-electron chi connectivity index (χ3n) is 3.35. The van der Waals surface area contributed by atoms with Crippen LogP contribution in [-0.4, -0.2) is 27.9 Å². The minimum atomic E-state index is -0.355. The summed E-state index contributed by atoms with van der Waals surface area (Å²) in [7, 11) is 0. The smallest absolute Gasteiger partial charge is 0.276 e. The summed E-state index contributed by atoms with van der Waals surface area (Å²) in [4.78, 5) is 23.5. The number of aromatic nitrogens is 2. The van der Waals surface area contributed by atoms with Crippen LogP contribution in [0.4, 0.5) is 11.5 Å². The third-order valence-corrected chi connectivity index (χ3v) is 3.35. The number of anilines is 2. The van der Waals surface area contributed by atoms with Crippen molar-refractivity contribution in [3.8, 4) is 0 Å². The molecule has 0 saturated heterocycles. The first kappa shape index (κ1) is 14.2. The van der Waals surface area contributed by atoms with Gasteiger partial charge < -0.3 is 10.6 Å². The molecule has 1 aliphatic rings. The molecular formula is C16H16N4O2.